The fraction of sp³-hybridized carbons (Fsp3) is 0.571. The second kappa shape index (κ2) is 5.99. The molecule has 0 aliphatic rings. The molecule has 0 atom stereocenters. The van der Waals surface area contributed by atoms with Gasteiger partial charge in [0.15, 0.2) is 0 Å². The highest BCUT2D eigenvalue weighted by molar-refractivity contribution is 6.32. The standard InChI is InChI=1S/C7H11NO5/c1-2-13-7(12)6(11)8-4-3-5(9)10/h2-4H2,1H3,(H,8,11)(H,9,10). The third-order valence-corrected chi connectivity index (χ3v) is 1.09. The highest BCUT2D eigenvalue weighted by Gasteiger charge is 2.13. The summed E-state index contributed by atoms with van der Waals surface area (Å²) in [5, 5.41) is 10.3. The first-order chi connectivity index (χ1) is 6.07. The van der Waals surface area contributed by atoms with E-state index < -0.39 is 17.8 Å². The highest BCUT2D eigenvalue weighted by Crippen LogP contribution is 1.80. The number of amides is 1. The van der Waals surface area contributed by atoms with Crippen LogP contribution in [0, 0.1) is 0 Å². The van der Waals surface area contributed by atoms with E-state index in [2.05, 4.69) is 10.1 Å². The molecule has 1 amide bonds. The lowest BCUT2D eigenvalue weighted by Gasteiger charge is -2.01. The van der Waals surface area contributed by atoms with Gasteiger partial charge >= 0.3 is 17.8 Å². The molecule has 0 heterocycles. The normalized spacial score (nSPS) is 9.00. The summed E-state index contributed by atoms with van der Waals surface area (Å²) in [5.74, 6) is -2.94. The predicted molar refractivity (Wildman–Crippen MR) is 41.9 cm³/mol. The number of carboxylic acids is 1. The summed E-state index contributed by atoms with van der Waals surface area (Å²) in [6.45, 7) is 1.61. The number of ether oxygens (including phenoxy) is 1. The number of hydrogen-bond donors (Lipinski definition) is 2. The van der Waals surface area contributed by atoms with Crippen LogP contribution in [0.25, 0.3) is 0 Å². The molecule has 74 valence electrons. The van der Waals surface area contributed by atoms with Gasteiger partial charge in [-0.15, -0.1) is 0 Å². The van der Waals surface area contributed by atoms with Crippen LogP contribution >= 0.6 is 0 Å². The maximum absolute atomic E-state index is 10.7. The first-order valence-corrected chi connectivity index (χ1v) is 3.74. The van der Waals surface area contributed by atoms with Crippen molar-refractivity contribution >= 4 is 17.8 Å². The monoisotopic (exact) mass is 189 g/mol. The number of nitrogens with one attached hydrogen (secondary N) is 1. The highest BCUT2D eigenvalue weighted by atomic mass is 16.5. The molecular weight excluding hydrogens is 178 g/mol. The molecule has 0 aromatic rings. The van der Waals surface area contributed by atoms with E-state index in [1.54, 1.807) is 6.92 Å². The van der Waals surface area contributed by atoms with Crippen molar-refractivity contribution in [3.05, 3.63) is 0 Å². The number of carboxylic acid groups (broad SMARTS) is 1. The van der Waals surface area contributed by atoms with Crippen LogP contribution in [-0.4, -0.2) is 36.1 Å². The average Bonchev–Trinajstić information content (AvgIpc) is 2.04. The second-order valence-corrected chi connectivity index (χ2v) is 2.12. The molecule has 0 aliphatic carbocycles. The molecule has 0 aromatic carbocycles. The summed E-state index contributed by atoms with van der Waals surface area (Å²) in [6.07, 6.45) is -0.217. The van der Waals surface area contributed by atoms with E-state index in [4.69, 9.17) is 5.11 Å². The molecule has 0 saturated carbocycles. The molecule has 0 fully saturated rings. The number of rotatable bonds is 4. The van der Waals surface area contributed by atoms with Gasteiger partial charge in [0.1, 0.15) is 0 Å². The molecule has 0 rings (SSSR count). The van der Waals surface area contributed by atoms with Crippen molar-refractivity contribution in [3.8, 4) is 0 Å². The van der Waals surface area contributed by atoms with Crippen molar-refractivity contribution in [2.24, 2.45) is 0 Å². The first kappa shape index (κ1) is 11.4. The van der Waals surface area contributed by atoms with E-state index in [1.807, 2.05) is 0 Å². The average molecular weight is 189 g/mol. The summed E-state index contributed by atoms with van der Waals surface area (Å²) >= 11 is 0. The Morgan fingerprint density at radius 2 is 2.00 bits per heavy atom. The number of hydrogen-bond acceptors (Lipinski definition) is 4. The third kappa shape index (κ3) is 5.66. The molecular formula is C7H11NO5. The lowest BCUT2D eigenvalue weighted by molar-refractivity contribution is -0.154. The zero-order chi connectivity index (χ0) is 10.3. The largest absolute Gasteiger partial charge is 0.481 e. The Balaban J connectivity index is 3.62. The van der Waals surface area contributed by atoms with Gasteiger partial charge < -0.3 is 15.2 Å². The van der Waals surface area contributed by atoms with Crippen LogP contribution in [0.3, 0.4) is 0 Å². The Morgan fingerprint density at radius 1 is 1.38 bits per heavy atom. The summed E-state index contributed by atoms with van der Waals surface area (Å²) in [6, 6.07) is 0. The van der Waals surface area contributed by atoms with Crippen LogP contribution < -0.4 is 5.32 Å². The van der Waals surface area contributed by atoms with Gasteiger partial charge in [-0.3, -0.25) is 9.59 Å². The number of aliphatic carboxylic acids is 1. The Labute approximate surface area is 74.9 Å². The zero-order valence-electron chi connectivity index (χ0n) is 7.20. The van der Waals surface area contributed by atoms with Crippen LogP contribution in [0.5, 0.6) is 0 Å². The predicted octanol–water partition coefficient (Wildman–Crippen LogP) is -0.860. The van der Waals surface area contributed by atoms with Crippen LogP contribution in [0.4, 0.5) is 0 Å². The van der Waals surface area contributed by atoms with Gasteiger partial charge in [-0.2, -0.15) is 0 Å². The van der Waals surface area contributed by atoms with E-state index in [9.17, 15) is 14.4 Å². The van der Waals surface area contributed by atoms with E-state index in [1.165, 1.54) is 0 Å². The van der Waals surface area contributed by atoms with Gasteiger partial charge in [0.05, 0.1) is 13.0 Å². The Morgan fingerprint density at radius 3 is 2.46 bits per heavy atom. The van der Waals surface area contributed by atoms with Crippen molar-refractivity contribution in [2.75, 3.05) is 13.2 Å². The first-order valence-electron chi connectivity index (χ1n) is 3.74. The van der Waals surface area contributed by atoms with Gasteiger partial charge in [-0.1, -0.05) is 0 Å². The van der Waals surface area contributed by atoms with Gasteiger partial charge in [0.25, 0.3) is 0 Å². The molecule has 0 bridgehead atoms. The SMILES string of the molecule is CCOC(=O)C(=O)NCCC(=O)O. The molecule has 6 nitrogen and oxygen atoms in total. The van der Waals surface area contributed by atoms with Crippen LogP contribution in [0.2, 0.25) is 0 Å². The topological polar surface area (TPSA) is 92.7 Å². The Kier molecular flexibility index (Phi) is 5.25. The Bertz CT molecular complexity index is 213. The fourth-order valence-electron chi connectivity index (χ4n) is 0.552. The van der Waals surface area contributed by atoms with Gasteiger partial charge in [0, 0.05) is 6.54 Å². The summed E-state index contributed by atoms with van der Waals surface area (Å²) in [5.41, 5.74) is 0. The molecule has 0 aromatic heterocycles. The third-order valence-electron chi connectivity index (χ3n) is 1.09. The minimum absolute atomic E-state index is 0.0764. The maximum atomic E-state index is 10.7. The number of esters is 1. The molecule has 0 unspecified atom stereocenters. The van der Waals surface area contributed by atoms with Crippen molar-refractivity contribution in [1.29, 1.82) is 0 Å². The number of carbonyl (C=O) groups excluding carboxylic acids is 2. The number of carbonyl (C=O) groups is 3. The van der Waals surface area contributed by atoms with Crippen molar-refractivity contribution in [2.45, 2.75) is 13.3 Å². The molecule has 6 heteroatoms. The summed E-state index contributed by atoms with van der Waals surface area (Å²) in [4.78, 5) is 31.4. The molecule has 2 N–H and O–H groups in total. The zero-order valence-corrected chi connectivity index (χ0v) is 7.20. The van der Waals surface area contributed by atoms with Crippen LogP contribution in [0.15, 0.2) is 0 Å². The van der Waals surface area contributed by atoms with Crippen molar-refractivity contribution < 1.29 is 24.2 Å². The van der Waals surface area contributed by atoms with E-state index in [-0.39, 0.29) is 19.6 Å². The smallest absolute Gasteiger partial charge is 0.396 e. The van der Waals surface area contributed by atoms with Crippen molar-refractivity contribution in [3.63, 3.8) is 0 Å². The van der Waals surface area contributed by atoms with Gasteiger partial charge in [-0.05, 0) is 6.92 Å². The van der Waals surface area contributed by atoms with E-state index >= 15 is 0 Å². The minimum atomic E-state index is -1.04. The molecule has 13 heavy (non-hydrogen) atoms. The van der Waals surface area contributed by atoms with Crippen molar-refractivity contribution in [1.82, 2.24) is 5.32 Å². The van der Waals surface area contributed by atoms with Crippen LogP contribution in [-0.2, 0) is 19.1 Å². The lowest BCUT2D eigenvalue weighted by atomic mass is 10.4. The molecule has 0 saturated heterocycles. The molecule has 0 aliphatic heterocycles. The van der Waals surface area contributed by atoms with Gasteiger partial charge in [0.2, 0.25) is 0 Å². The lowest BCUT2D eigenvalue weighted by Crippen LogP contribution is -2.33. The fourth-order valence-corrected chi connectivity index (χ4v) is 0.552. The summed E-state index contributed by atoms with van der Waals surface area (Å²) in [7, 11) is 0. The van der Waals surface area contributed by atoms with Gasteiger partial charge in [-0.25, -0.2) is 4.79 Å². The quantitative estimate of drug-likeness (QED) is 0.443. The maximum Gasteiger partial charge on any atom is 0.396 e. The summed E-state index contributed by atoms with van der Waals surface area (Å²) < 4.78 is 4.36. The van der Waals surface area contributed by atoms with E-state index in [0.717, 1.165) is 0 Å². The Hall–Kier alpha value is -1.59. The molecule has 0 radical (unpaired) electrons. The minimum Gasteiger partial charge on any atom is -0.481 e. The second-order valence-electron chi connectivity index (χ2n) is 2.12. The molecule has 0 spiro atoms. The van der Waals surface area contributed by atoms with Crippen LogP contribution in [0.1, 0.15) is 13.3 Å². The van der Waals surface area contributed by atoms with E-state index in [0.29, 0.717) is 0 Å².